The summed E-state index contributed by atoms with van der Waals surface area (Å²) in [6.07, 6.45) is 3.06. The molecule has 2 fully saturated rings. The average Bonchev–Trinajstić information content (AvgIpc) is 2.40. The van der Waals surface area contributed by atoms with Crippen LogP contribution in [0.25, 0.3) is 0 Å². The van der Waals surface area contributed by atoms with Crippen LogP contribution >= 0.6 is 0 Å². The summed E-state index contributed by atoms with van der Waals surface area (Å²) < 4.78 is 5.25. The average molecular weight is 237 g/mol. The zero-order valence-corrected chi connectivity index (χ0v) is 10.1. The molecule has 2 aliphatic rings. The Labute approximate surface area is 102 Å². The first kappa shape index (κ1) is 12.3. The van der Waals surface area contributed by atoms with Crippen molar-refractivity contribution in [2.75, 3.05) is 39.4 Å². The molecule has 5 nitrogen and oxygen atoms in total. The summed E-state index contributed by atoms with van der Waals surface area (Å²) in [7, 11) is 0. The van der Waals surface area contributed by atoms with E-state index in [1.165, 1.54) is 0 Å². The highest BCUT2D eigenvalue weighted by Crippen LogP contribution is 2.19. The Morgan fingerprint density at radius 2 is 2.06 bits per heavy atom. The van der Waals surface area contributed by atoms with Gasteiger partial charge in [0.15, 0.2) is 0 Å². The van der Waals surface area contributed by atoms with E-state index in [0.717, 1.165) is 25.8 Å². The second-order valence-corrected chi connectivity index (χ2v) is 4.58. The SMILES string of the molecule is N#CCN1CCCCC1C(=O)N1CCOCC1. The topological polar surface area (TPSA) is 56.6 Å². The lowest BCUT2D eigenvalue weighted by atomic mass is 10.0. The van der Waals surface area contributed by atoms with E-state index in [2.05, 4.69) is 6.07 Å². The minimum atomic E-state index is -0.0819. The van der Waals surface area contributed by atoms with Crippen LogP contribution in [0.3, 0.4) is 0 Å². The Morgan fingerprint density at radius 1 is 1.29 bits per heavy atom. The van der Waals surface area contributed by atoms with Crippen molar-refractivity contribution in [2.45, 2.75) is 25.3 Å². The van der Waals surface area contributed by atoms with E-state index in [-0.39, 0.29) is 11.9 Å². The van der Waals surface area contributed by atoms with E-state index in [0.29, 0.717) is 32.8 Å². The van der Waals surface area contributed by atoms with Gasteiger partial charge in [-0.25, -0.2) is 0 Å². The van der Waals surface area contributed by atoms with Crippen LogP contribution in [0.4, 0.5) is 0 Å². The third-order valence-corrected chi connectivity index (χ3v) is 3.50. The fourth-order valence-electron chi connectivity index (χ4n) is 2.55. The molecule has 0 spiro atoms. The molecular weight excluding hydrogens is 218 g/mol. The van der Waals surface area contributed by atoms with Crippen LogP contribution in [-0.4, -0.2) is 61.1 Å². The van der Waals surface area contributed by atoms with E-state index in [1.807, 2.05) is 9.80 Å². The van der Waals surface area contributed by atoms with Gasteiger partial charge in [-0.2, -0.15) is 5.26 Å². The number of hydrogen-bond acceptors (Lipinski definition) is 4. The number of nitriles is 1. The molecule has 0 aromatic carbocycles. The molecule has 0 radical (unpaired) electrons. The zero-order chi connectivity index (χ0) is 12.1. The van der Waals surface area contributed by atoms with Gasteiger partial charge in [0.1, 0.15) is 0 Å². The van der Waals surface area contributed by atoms with Crippen molar-refractivity contribution < 1.29 is 9.53 Å². The van der Waals surface area contributed by atoms with E-state index >= 15 is 0 Å². The summed E-state index contributed by atoms with van der Waals surface area (Å²) in [6.45, 7) is 3.88. The predicted molar refractivity (Wildman–Crippen MR) is 62.2 cm³/mol. The lowest BCUT2D eigenvalue weighted by molar-refractivity contribution is -0.142. The Kier molecular flexibility index (Phi) is 4.35. The van der Waals surface area contributed by atoms with Gasteiger partial charge in [-0.3, -0.25) is 9.69 Å². The van der Waals surface area contributed by atoms with Gasteiger partial charge in [-0.05, 0) is 19.4 Å². The quantitative estimate of drug-likeness (QED) is 0.645. The van der Waals surface area contributed by atoms with Gasteiger partial charge in [0, 0.05) is 13.1 Å². The summed E-state index contributed by atoms with van der Waals surface area (Å²) in [4.78, 5) is 16.3. The number of carbonyl (C=O) groups is 1. The van der Waals surface area contributed by atoms with Crippen LogP contribution in [0, 0.1) is 11.3 Å². The lowest BCUT2D eigenvalue weighted by Crippen LogP contribution is -2.53. The molecule has 1 amide bonds. The largest absolute Gasteiger partial charge is 0.378 e. The highest BCUT2D eigenvalue weighted by molar-refractivity contribution is 5.82. The van der Waals surface area contributed by atoms with Crippen molar-refractivity contribution in [2.24, 2.45) is 0 Å². The van der Waals surface area contributed by atoms with E-state index in [1.54, 1.807) is 0 Å². The molecule has 94 valence electrons. The number of hydrogen-bond donors (Lipinski definition) is 0. The van der Waals surface area contributed by atoms with Gasteiger partial charge in [0.25, 0.3) is 0 Å². The van der Waals surface area contributed by atoms with Gasteiger partial charge < -0.3 is 9.64 Å². The molecule has 5 heteroatoms. The summed E-state index contributed by atoms with van der Waals surface area (Å²) in [6, 6.07) is 2.07. The van der Waals surface area contributed by atoms with Gasteiger partial charge >= 0.3 is 0 Å². The standard InChI is InChI=1S/C12H19N3O2/c13-4-6-14-5-2-1-3-11(14)12(16)15-7-9-17-10-8-15/h11H,1-3,5-10H2. The van der Waals surface area contributed by atoms with Crippen molar-refractivity contribution in [3.63, 3.8) is 0 Å². The minimum Gasteiger partial charge on any atom is -0.378 e. The van der Waals surface area contributed by atoms with Crippen molar-refractivity contribution in [3.05, 3.63) is 0 Å². The molecular formula is C12H19N3O2. The Morgan fingerprint density at radius 3 is 2.76 bits per heavy atom. The first-order valence-corrected chi connectivity index (χ1v) is 6.30. The Hall–Kier alpha value is -1.12. The smallest absolute Gasteiger partial charge is 0.240 e. The number of carbonyl (C=O) groups excluding carboxylic acids is 1. The number of ether oxygens (including phenoxy) is 1. The maximum atomic E-state index is 12.4. The van der Waals surface area contributed by atoms with Crippen molar-refractivity contribution in [1.82, 2.24) is 9.80 Å². The number of likely N-dealkylation sites (tertiary alicyclic amines) is 1. The highest BCUT2D eigenvalue weighted by atomic mass is 16.5. The molecule has 1 unspecified atom stereocenters. The predicted octanol–water partition coefficient (Wildman–Crippen LogP) is 0.223. The summed E-state index contributed by atoms with van der Waals surface area (Å²) >= 11 is 0. The molecule has 2 rings (SSSR count). The van der Waals surface area contributed by atoms with Crippen LogP contribution in [0.2, 0.25) is 0 Å². The number of nitrogens with zero attached hydrogens (tertiary/aromatic N) is 3. The molecule has 0 bridgehead atoms. The fraction of sp³-hybridized carbons (Fsp3) is 0.833. The van der Waals surface area contributed by atoms with Crippen LogP contribution in [0.1, 0.15) is 19.3 Å². The van der Waals surface area contributed by atoms with Gasteiger partial charge in [0.05, 0.1) is 31.9 Å². The van der Waals surface area contributed by atoms with Crippen molar-refractivity contribution >= 4 is 5.91 Å². The number of piperidine rings is 1. The first-order valence-electron chi connectivity index (χ1n) is 6.30. The minimum absolute atomic E-state index is 0.0819. The molecule has 2 aliphatic heterocycles. The maximum absolute atomic E-state index is 12.4. The van der Waals surface area contributed by atoms with E-state index in [9.17, 15) is 4.79 Å². The normalized spacial score (nSPS) is 26.5. The summed E-state index contributed by atoms with van der Waals surface area (Å²) in [5.41, 5.74) is 0. The van der Waals surface area contributed by atoms with Gasteiger partial charge in [-0.15, -0.1) is 0 Å². The zero-order valence-electron chi connectivity index (χ0n) is 10.1. The number of amides is 1. The summed E-state index contributed by atoms with van der Waals surface area (Å²) in [5, 5.41) is 8.79. The van der Waals surface area contributed by atoms with Crippen LogP contribution in [0.5, 0.6) is 0 Å². The van der Waals surface area contributed by atoms with Crippen LogP contribution < -0.4 is 0 Å². The Bertz CT molecular complexity index is 307. The molecule has 0 aliphatic carbocycles. The molecule has 0 aromatic rings. The van der Waals surface area contributed by atoms with Crippen LogP contribution in [-0.2, 0) is 9.53 Å². The molecule has 0 aromatic heterocycles. The molecule has 0 saturated carbocycles. The Balaban J connectivity index is 1.97. The van der Waals surface area contributed by atoms with Gasteiger partial charge in [-0.1, -0.05) is 6.42 Å². The second-order valence-electron chi connectivity index (χ2n) is 4.58. The molecule has 17 heavy (non-hydrogen) atoms. The summed E-state index contributed by atoms with van der Waals surface area (Å²) in [5.74, 6) is 0.184. The number of morpholine rings is 1. The van der Waals surface area contributed by atoms with E-state index in [4.69, 9.17) is 10.00 Å². The van der Waals surface area contributed by atoms with Gasteiger partial charge in [0.2, 0.25) is 5.91 Å². The third-order valence-electron chi connectivity index (χ3n) is 3.50. The van der Waals surface area contributed by atoms with Crippen molar-refractivity contribution in [1.29, 1.82) is 5.26 Å². The maximum Gasteiger partial charge on any atom is 0.240 e. The van der Waals surface area contributed by atoms with Crippen molar-refractivity contribution in [3.8, 4) is 6.07 Å². The van der Waals surface area contributed by atoms with E-state index < -0.39 is 0 Å². The molecule has 2 heterocycles. The fourth-order valence-corrected chi connectivity index (χ4v) is 2.55. The first-order chi connectivity index (χ1) is 8.33. The highest BCUT2D eigenvalue weighted by Gasteiger charge is 2.32. The monoisotopic (exact) mass is 237 g/mol. The molecule has 0 N–H and O–H groups in total. The molecule has 2 saturated heterocycles. The van der Waals surface area contributed by atoms with Crippen LogP contribution in [0.15, 0.2) is 0 Å². The second kappa shape index (κ2) is 5.99. The number of rotatable bonds is 2. The molecule has 1 atom stereocenters. The third kappa shape index (κ3) is 2.96. The lowest BCUT2D eigenvalue weighted by Gasteiger charge is -2.37.